The quantitative estimate of drug-likeness (QED) is 0.572. The molecule has 0 saturated heterocycles. The summed E-state index contributed by atoms with van der Waals surface area (Å²) in [6.07, 6.45) is 1.83. The molecule has 0 radical (unpaired) electrons. The van der Waals surface area contributed by atoms with Crippen molar-refractivity contribution in [2.24, 2.45) is 10.4 Å². The standard InChI is InChI=1S/C8H11NO2.U/c1-6(8(2,3)4)9-5-7(10)11;/h1H,2-4H3,(H,10,11);/q-2;+2. The first-order chi connectivity index (χ1) is 4.84. The first-order valence-corrected chi connectivity index (χ1v) is 3.16. The fourth-order valence-corrected chi connectivity index (χ4v) is 0.276. The summed E-state index contributed by atoms with van der Waals surface area (Å²) in [5.41, 5.74) is -0.0393. The van der Waals surface area contributed by atoms with E-state index in [4.69, 9.17) is 11.7 Å². The summed E-state index contributed by atoms with van der Waals surface area (Å²) >= 11 is 0. The van der Waals surface area contributed by atoms with Crippen molar-refractivity contribution in [2.45, 2.75) is 20.8 Å². The number of aliphatic carboxylic acids is 1. The molecular weight excluding hydrogens is 380 g/mol. The van der Waals surface area contributed by atoms with Crippen LogP contribution in [0, 0.1) is 43.1 Å². The molecule has 0 spiro atoms. The number of nitrogens with zero attached hydrogens (tertiary/aromatic N) is 1. The Labute approximate surface area is 96.3 Å². The first-order valence-electron chi connectivity index (χ1n) is 3.16. The maximum Gasteiger partial charge on any atom is 2.00 e. The number of rotatable bonds is 2. The van der Waals surface area contributed by atoms with Crippen LogP contribution in [0.15, 0.2) is 10.7 Å². The third-order valence-corrected chi connectivity index (χ3v) is 1.04. The van der Waals surface area contributed by atoms with Crippen molar-refractivity contribution in [3.8, 4) is 0 Å². The Bertz CT molecular complexity index is 204. The molecule has 0 aromatic heterocycles. The van der Waals surface area contributed by atoms with Crippen LogP contribution in [-0.4, -0.2) is 17.3 Å². The van der Waals surface area contributed by atoms with E-state index in [1.165, 1.54) is 0 Å². The second-order valence-corrected chi connectivity index (χ2v) is 3.16. The molecule has 0 aliphatic rings. The minimum atomic E-state index is -1.21. The van der Waals surface area contributed by atoms with Gasteiger partial charge in [-0.25, -0.2) is 0 Å². The second kappa shape index (κ2) is 5.56. The Morgan fingerprint density at radius 2 is 1.92 bits per heavy atom. The molecule has 1 N–H and O–H groups in total. The van der Waals surface area contributed by atoms with Crippen molar-refractivity contribution in [2.75, 3.05) is 0 Å². The van der Waals surface area contributed by atoms with Crippen molar-refractivity contribution in [1.29, 1.82) is 0 Å². The Kier molecular flexibility index (Phi) is 6.69. The fraction of sp³-hybridized carbons (Fsp3) is 0.500. The molecular formula is C8H11NO2U. The van der Waals surface area contributed by atoms with Gasteiger partial charge in [0.05, 0.1) is 0 Å². The van der Waals surface area contributed by atoms with Gasteiger partial charge in [-0.3, -0.25) is 10.5 Å². The molecule has 0 aliphatic carbocycles. The number of hydrogen-bond acceptors (Lipinski definition) is 2. The van der Waals surface area contributed by atoms with Gasteiger partial charge < -0.3 is 16.7 Å². The van der Waals surface area contributed by atoms with E-state index in [0.29, 0.717) is 0 Å². The van der Waals surface area contributed by atoms with Crippen molar-refractivity contribution >= 4 is 12.2 Å². The molecule has 3 nitrogen and oxygen atoms in total. The molecule has 0 aliphatic heterocycles. The Morgan fingerprint density at radius 3 is 2.17 bits per heavy atom. The largest absolute Gasteiger partial charge is 2.00 e. The van der Waals surface area contributed by atoms with E-state index in [9.17, 15) is 4.79 Å². The van der Waals surface area contributed by atoms with E-state index < -0.39 is 5.97 Å². The minimum absolute atomic E-state index is 0. The van der Waals surface area contributed by atoms with Crippen LogP contribution in [0.4, 0.5) is 0 Å². The number of aliphatic imine (C=N–C) groups is 1. The zero-order valence-electron chi connectivity index (χ0n) is 7.38. The van der Waals surface area contributed by atoms with Gasteiger partial charge in [0.15, 0.2) is 0 Å². The van der Waals surface area contributed by atoms with Gasteiger partial charge in [0.25, 0.3) is 5.97 Å². The molecule has 4 heteroatoms. The summed E-state index contributed by atoms with van der Waals surface area (Å²) < 4.78 is 0. The summed E-state index contributed by atoms with van der Waals surface area (Å²) in [5, 5.41) is 8.15. The molecule has 0 aromatic carbocycles. The van der Waals surface area contributed by atoms with E-state index in [1.807, 2.05) is 27.0 Å². The number of allylic oxidation sites excluding steroid dienone is 1. The summed E-state index contributed by atoms with van der Waals surface area (Å²) in [7, 11) is 0. The summed E-state index contributed by atoms with van der Waals surface area (Å²) in [6, 6.07) is 0. The van der Waals surface area contributed by atoms with Gasteiger partial charge >= 0.3 is 31.1 Å². The van der Waals surface area contributed by atoms with E-state index in [0.717, 1.165) is 0 Å². The molecule has 0 amide bonds. The monoisotopic (exact) mass is 391 g/mol. The van der Waals surface area contributed by atoms with Crippen LogP contribution in [0.5, 0.6) is 0 Å². The predicted molar refractivity (Wildman–Crippen MR) is 42.3 cm³/mol. The van der Waals surface area contributed by atoms with Gasteiger partial charge in [0.1, 0.15) is 0 Å². The van der Waals surface area contributed by atoms with Gasteiger partial charge in [0.2, 0.25) is 0 Å². The predicted octanol–water partition coefficient (Wildman–Crippen LogP) is 1.38. The fourth-order valence-electron chi connectivity index (χ4n) is 0.276. The van der Waals surface area contributed by atoms with E-state index in [1.54, 1.807) is 0 Å². The Morgan fingerprint density at radius 1 is 1.50 bits per heavy atom. The molecule has 12 heavy (non-hydrogen) atoms. The zero-order chi connectivity index (χ0) is 9.07. The third kappa shape index (κ3) is 6.63. The van der Waals surface area contributed by atoms with E-state index in [-0.39, 0.29) is 42.2 Å². The average molecular weight is 391 g/mol. The van der Waals surface area contributed by atoms with E-state index in [2.05, 4.69) is 4.99 Å². The van der Waals surface area contributed by atoms with Crippen LogP contribution >= 0.6 is 0 Å². The molecule has 0 atom stereocenters. The smallest absolute Gasteiger partial charge is 0.597 e. The molecule has 0 unspecified atom stereocenters. The Balaban J connectivity index is 0. The van der Waals surface area contributed by atoms with Crippen LogP contribution in [0.3, 0.4) is 0 Å². The maximum absolute atomic E-state index is 9.96. The number of carboxylic acid groups (broad SMARTS) is 1. The molecule has 64 valence electrons. The zero-order valence-corrected chi connectivity index (χ0v) is 11.5. The molecule has 0 heterocycles. The van der Waals surface area contributed by atoms with Gasteiger partial charge in [-0.05, 0) is 0 Å². The van der Waals surface area contributed by atoms with Gasteiger partial charge in [-0.1, -0.05) is 32.4 Å². The van der Waals surface area contributed by atoms with Crippen LogP contribution in [0.2, 0.25) is 0 Å². The normalized spacial score (nSPS) is 10.9. The average Bonchev–Trinajstić information content (AvgIpc) is 1.80. The van der Waals surface area contributed by atoms with Crippen molar-refractivity contribution < 1.29 is 41.0 Å². The van der Waals surface area contributed by atoms with E-state index >= 15 is 0 Å². The van der Waals surface area contributed by atoms with Gasteiger partial charge in [0, 0.05) is 0 Å². The molecule has 0 rings (SSSR count). The molecule has 0 saturated carbocycles. The molecule has 0 bridgehead atoms. The number of hydrogen-bond donors (Lipinski definition) is 1. The van der Waals surface area contributed by atoms with Crippen LogP contribution in [0.1, 0.15) is 20.8 Å². The maximum atomic E-state index is 9.96. The number of carbonyl (C=O) groups is 1. The van der Waals surface area contributed by atoms with Crippen LogP contribution in [0.25, 0.3) is 0 Å². The van der Waals surface area contributed by atoms with Gasteiger partial charge in [-0.15, -0.1) is 0 Å². The topological polar surface area (TPSA) is 49.7 Å². The summed E-state index contributed by atoms with van der Waals surface area (Å²) in [4.78, 5) is 13.4. The Hall–Kier alpha value is -0.0681. The molecule has 0 fully saturated rings. The van der Waals surface area contributed by atoms with Crippen molar-refractivity contribution in [1.82, 2.24) is 0 Å². The minimum Gasteiger partial charge on any atom is -0.597 e. The molecule has 0 aromatic rings. The summed E-state index contributed by atoms with van der Waals surface area (Å²) in [6.45, 7) is 11.0. The van der Waals surface area contributed by atoms with Crippen molar-refractivity contribution in [3.63, 3.8) is 0 Å². The van der Waals surface area contributed by atoms with Crippen LogP contribution < -0.4 is 0 Å². The number of carboxylic acids is 1. The SMILES string of the molecule is [CH-]=C(N=[C-]C(=O)O)C(C)(C)C.[U+2]. The van der Waals surface area contributed by atoms with Gasteiger partial charge in [-0.2, -0.15) is 0 Å². The van der Waals surface area contributed by atoms with Crippen molar-refractivity contribution in [3.05, 3.63) is 12.3 Å². The first kappa shape index (κ1) is 14.5. The second-order valence-electron chi connectivity index (χ2n) is 3.16. The summed E-state index contributed by atoms with van der Waals surface area (Å²) in [5.74, 6) is -1.21. The third-order valence-electron chi connectivity index (χ3n) is 1.04. The van der Waals surface area contributed by atoms with Crippen LogP contribution in [-0.2, 0) is 4.79 Å².